The molecule has 1 N–H and O–H groups in total. The molecular formula is C11H22N2O5. The van der Waals surface area contributed by atoms with Gasteiger partial charge in [-0.2, -0.15) is 5.06 Å². The Balaban J connectivity index is 4.50. The molecular weight excluding hydrogens is 240 g/mol. The topological polar surface area (TPSA) is 77.1 Å². The maximum absolute atomic E-state index is 11.6. The molecule has 0 fully saturated rings. The summed E-state index contributed by atoms with van der Waals surface area (Å²) in [6.45, 7) is 5.37. The average Bonchev–Trinajstić information content (AvgIpc) is 2.24. The summed E-state index contributed by atoms with van der Waals surface area (Å²) in [5, 5.41) is 3.83. The third-order valence-corrected chi connectivity index (χ3v) is 1.93. The maximum Gasteiger partial charge on any atom is 0.408 e. The van der Waals surface area contributed by atoms with Crippen molar-refractivity contribution in [2.24, 2.45) is 0 Å². The van der Waals surface area contributed by atoms with Crippen LogP contribution in [0.5, 0.6) is 0 Å². The number of hydrogen-bond acceptors (Lipinski definition) is 6. The molecule has 0 aliphatic rings. The van der Waals surface area contributed by atoms with E-state index in [2.05, 4.69) is 10.1 Å². The Bertz CT molecular complexity index is 288. The van der Waals surface area contributed by atoms with Crippen LogP contribution in [0.2, 0.25) is 0 Å². The van der Waals surface area contributed by atoms with Crippen LogP contribution in [0.25, 0.3) is 0 Å². The average molecular weight is 262 g/mol. The molecule has 1 unspecified atom stereocenters. The van der Waals surface area contributed by atoms with E-state index in [1.807, 2.05) is 0 Å². The molecule has 1 atom stereocenters. The third kappa shape index (κ3) is 7.08. The fourth-order valence-electron chi connectivity index (χ4n) is 1.10. The Morgan fingerprint density at radius 3 is 2.22 bits per heavy atom. The lowest BCUT2D eigenvalue weighted by Crippen LogP contribution is -2.49. The summed E-state index contributed by atoms with van der Waals surface area (Å²) in [5.41, 5.74) is -0.627. The maximum atomic E-state index is 11.6. The van der Waals surface area contributed by atoms with Crippen LogP contribution in [0.15, 0.2) is 0 Å². The number of carbonyl (C=O) groups excluding carboxylic acids is 2. The molecule has 0 spiro atoms. The van der Waals surface area contributed by atoms with Gasteiger partial charge in [0.2, 0.25) is 0 Å². The minimum Gasteiger partial charge on any atom is -0.467 e. The first-order valence-corrected chi connectivity index (χ1v) is 5.52. The van der Waals surface area contributed by atoms with Gasteiger partial charge in [-0.1, -0.05) is 0 Å². The van der Waals surface area contributed by atoms with E-state index >= 15 is 0 Å². The third-order valence-electron chi connectivity index (χ3n) is 1.93. The van der Waals surface area contributed by atoms with E-state index in [-0.39, 0.29) is 6.54 Å². The lowest BCUT2D eigenvalue weighted by molar-refractivity contribution is -0.151. The van der Waals surface area contributed by atoms with Gasteiger partial charge in [-0.05, 0) is 20.8 Å². The molecule has 1 amide bonds. The van der Waals surface area contributed by atoms with Crippen molar-refractivity contribution in [2.75, 3.05) is 27.8 Å². The molecule has 0 aliphatic carbocycles. The highest BCUT2D eigenvalue weighted by atomic mass is 16.7. The highest BCUT2D eigenvalue weighted by Crippen LogP contribution is 2.07. The van der Waals surface area contributed by atoms with Gasteiger partial charge in [0, 0.05) is 7.05 Å². The molecule has 0 heterocycles. The first-order valence-electron chi connectivity index (χ1n) is 5.52. The quantitative estimate of drug-likeness (QED) is 0.576. The normalized spacial score (nSPS) is 13.1. The van der Waals surface area contributed by atoms with Crippen molar-refractivity contribution in [3.05, 3.63) is 0 Å². The van der Waals surface area contributed by atoms with Gasteiger partial charge in [0.1, 0.15) is 11.6 Å². The number of rotatable bonds is 5. The van der Waals surface area contributed by atoms with Crippen molar-refractivity contribution >= 4 is 12.1 Å². The first kappa shape index (κ1) is 16.7. The highest BCUT2D eigenvalue weighted by Gasteiger charge is 2.26. The second kappa shape index (κ2) is 7.17. The van der Waals surface area contributed by atoms with Gasteiger partial charge in [-0.25, -0.2) is 9.59 Å². The largest absolute Gasteiger partial charge is 0.467 e. The zero-order valence-corrected chi connectivity index (χ0v) is 11.8. The molecule has 0 aromatic rings. The Morgan fingerprint density at radius 1 is 1.28 bits per heavy atom. The zero-order chi connectivity index (χ0) is 14.3. The molecule has 0 saturated carbocycles. The molecule has 0 saturated heterocycles. The van der Waals surface area contributed by atoms with Gasteiger partial charge in [0.15, 0.2) is 0 Å². The van der Waals surface area contributed by atoms with Crippen LogP contribution < -0.4 is 5.32 Å². The number of amides is 1. The molecule has 7 nitrogen and oxygen atoms in total. The van der Waals surface area contributed by atoms with E-state index in [1.54, 1.807) is 27.8 Å². The molecule has 0 radical (unpaired) electrons. The molecule has 0 bridgehead atoms. The van der Waals surface area contributed by atoms with Crippen LogP contribution in [-0.4, -0.2) is 56.6 Å². The number of nitrogens with zero attached hydrogens (tertiary/aromatic N) is 1. The summed E-state index contributed by atoms with van der Waals surface area (Å²) in [7, 11) is 4.34. The lowest BCUT2D eigenvalue weighted by atomic mass is 10.2. The smallest absolute Gasteiger partial charge is 0.408 e. The number of carbonyl (C=O) groups is 2. The van der Waals surface area contributed by atoms with E-state index in [1.165, 1.54) is 19.3 Å². The molecule has 106 valence electrons. The Morgan fingerprint density at radius 2 is 1.83 bits per heavy atom. The monoisotopic (exact) mass is 262 g/mol. The first-order chi connectivity index (χ1) is 8.19. The minimum atomic E-state index is -0.852. The molecule has 0 aliphatic heterocycles. The Labute approximate surface area is 107 Å². The summed E-state index contributed by atoms with van der Waals surface area (Å²) < 4.78 is 9.66. The van der Waals surface area contributed by atoms with Crippen molar-refractivity contribution < 1.29 is 23.9 Å². The number of esters is 1. The number of ether oxygens (including phenoxy) is 2. The van der Waals surface area contributed by atoms with Crippen molar-refractivity contribution in [3.63, 3.8) is 0 Å². The molecule has 7 heteroatoms. The fourth-order valence-corrected chi connectivity index (χ4v) is 1.10. The summed E-state index contributed by atoms with van der Waals surface area (Å²) in [6.07, 6.45) is -0.678. The van der Waals surface area contributed by atoms with Crippen molar-refractivity contribution in [1.29, 1.82) is 0 Å². The van der Waals surface area contributed by atoms with Gasteiger partial charge in [-0.3, -0.25) is 0 Å². The Hall–Kier alpha value is -1.34. The number of hydrogen-bond donors (Lipinski definition) is 1. The van der Waals surface area contributed by atoms with Crippen LogP contribution in [0, 0.1) is 0 Å². The van der Waals surface area contributed by atoms with Crippen LogP contribution in [-0.2, 0) is 19.1 Å². The van der Waals surface area contributed by atoms with Crippen molar-refractivity contribution in [2.45, 2.75) is 32.4 Å². The number of methoxy groups -OCH3 is 1. The minimum absolute atomic E-state index is 0.155. The summed E-state index contributed by atoms with van der Waals surface area (Å²) in [5.74, 6) is -0.565. The number of nitrogens with one attached hydrogen (secondary N) is 1. The SMILES string of the molecule is COC(=O)C(CN(C)OC)NC(=O)OC(C)(C)C. The second-order valence-corrected chi connectivity index (χ2v) is 4.72. The highest BCUT2D eigenvalue weighted by molar-refractivity contribution is 5.81. The number of hydroxylamine groups is 2. The van der Waals surface area contributed by atoms with Crippen molar-refractivity contribution in [3.8, 4) is 0 Å². The van der Waals surface area contributed by atoms with Crippen LogP contribution in [0.3, 0.4) is 0 Å². The predicted octanol–water partition coefficient (Wildman–Crippen LogP) is 0.546. The summed E-state index contributed by atoms with van der Waals surface area (Å²) in [4.78, 5) is 27.9. The van der Waals surface area contributed by atoms with E-state index < -0.39 is 23.7 Å². The van der Waals surface area contributed by atoms with E-state index in [0.717, 1.165) is 0 Å². The fraction of sp³-hybridized carbons (Fsp3) is 0.818. The molecule has 18 heavy (non-hydrogen) atoms. The van der Waals surface area contributed by atoms with Gasteiger partial charge in [0.05, 0.1) is 20.8 Å². The van der Waals surface area contributed by atoms with Crippen molar-refractivity contribution in [1.82, 2.24) is 10.4 Å². The van der Waals surface area contributed by atoms with Gasteiger partial charge < -0.3 is 19.6 Å². The van der Waals surface area contributed by atoms with E-state index in [4.69, 9.17) is 9.57 Å². The van der Waals surface area contributed by atoms with Gasteiger partial charge >= 0.3 is 12.1 Å². The van der Waals surface area contributed by atoms with Gasteiger partial charge in [0.25, 0.3) is 0 Å². The summed E-state index contributed by atoms with van der Waals surface area (Å²) >= 11 is 0. The zero-order valence-electron chi connectivity index (χ0n) is 11.8. The molecule has 0 aromatic carbocycles. The Kier molecular flexibility index (Phi) is 6.64. The lowest BCUT2D eigenvalue weighted by Gasteiger charge is -2.24. The van der Waals surface area contributed by atoms with Gasteiger partial charge in [-0.15, -0.1) is 0 Å². The standard InChI is InChI=1S/C11H22N2O5/c1-11(2,3)18-10(15)12-8(9(14)16-5)7-13(4)17-6/h8H,7H2,1-6H3,(H,12,15). The van der Waals surface area contributed by atoms with Crippen LogP contribution in [0.4, 0.5) is 4.79 Å². The summed E-state index contributed by atoms with van der Waals surface area (Å²) in [6, 6.07) is -0.852. The number of likely N-dealkylation sites (N-methyl/N-ethyl adjacent to an activating group) is 1. The number of alkyl carbamates (subject to hydrolysis) is 1. The second-order valence-electron chi connectivity index (χ2n) is 4.72. The molecule has 0 rings (SSSR count). The van der Waals surface area contributed by atoms with Crippen LogP contribution in [0.1, 0.15) is 20.8 Å². The van der Waals surface area contributed by atoms with E-state index in [0.29, 0.717) is 0 Å². The van der Waals surface area contributed by atoms with E-state index in [9.17, 15) is 9.59 Å². The predicted molar refractivity (Wildman–Crippen MR) is 64.8 cm³/mol. The van der Waals surface area contributed by atoms with Crippen LogP contribution >= 0.6 is 0 Å². The molecule has 0 aromatic heterocycles.